The van der Waals surface area contributed by atoms with Crippen LogP contribution in [0.5, 0.6) is 0 Å². The van der Waals surface area contributed by atoms with Gasteiger partial charge in [0, 0.05) is 19.7 Å². The van der Waals surface area contributed by atoms with Crippen molar-refractivity contribution in [3.63, 3.8) is 0 Å². The average Bonchev–Trinajstić information content (AvgIpc) is 3.04. The van der Waals surface area contributed by atoms with Crippen LogP contribution in [0.2, 0.25) is 0 Å². The fraction of sp³-hybridized carbons (Fsp3) is 0.588. The number of ether oxygens (including phenoxy) is 1. The summed E-state index contributed by atoms with van der Waals surface area (Å²) in [5.41, 5.74) is 6.49. The van der Waals surface area contributed by atoms with Gasteiger partial charge in [0.25, 0.3) is 0 Å². The van der Waals surface area contributed by atoms with Crippen LogP contribution in [0.3, 0.4) is 0 Å². The molecule has 2 N–H and O–H groups in total. The normalized spacial score (nSPS) is 14.3. The van der Waals surface area contributed by atoms with Crippen molar-refractivity contribution in [2.24, 2.45) is 0 Å². The fourth-order valence-corrected chi connectivity index (χ4v) is 3.22. The van der Waals surface area contributed by atoms with Crippen LogP contribution in [0.15, 0.2) is 12.3 Å². The van der Waals surface area contributed by atoms with Gasteiger partial charge in [-0.25, -0.2) is 15.0 Å². The van der Waals surface area contributed by atoms with Crippen LogP contribution >= 0.6 is 11.3 Å². The molecule has 0 fully saturated rings. The quantitative estimate of drug-likeness (QED) is 0.683. The first-order chi connectivity index (χ1) is 12.2. The van der Waals surface area contributed by atoms with Gasteiger partial charge >= 0.3 is 0 Å². The van der Waals surface area contributed by atoms with Crippen molar-refractivity contribution in [2.45, 2.75) is 38.5 Å². The lowest BCUT2D eigenvalue weighted by atomic mass is 10.1. The monoisotopic (exact) mass is 397 g/mol. The van der Waals surface area contributed by atoms with Gasteiger partial charge in [-0.2, -0.15) is 0 Å². The maximum Gasteiger partial charge on any atom is 0.180 e. The van der Waals surface area contributed by atoms with Crippen molar-refractivity contribution >= 4 is 33.5 Å². The van der Waals surface area contributed by atoms with Crippen molar-refractivity contribution in [3.8, 4) is 10.7 Å². The molecule has 2 aromatic heterocycles. The van der Waals surface area contributed by atoms with Crippen LogP contribution in [0, 0.1) is 0 Å². The van der Waals surface area contributed by atoms with Gasteiger partial charge in [-0.15, -0.1) is 0 Å². The predicted molar refractivity (Wildman–Crippen MR) is 109 cm³/mol. The minimum atomic E-state index is -1.09. The molecule has 0 aliphatic carbocycles. The van der Waals surface area contributed by atoms with Gasteiger partial charge in [-0.3, -0.25) is 0 Å². The zero-order valence-corrected chi connectivity index (χ0v) is 17.8. The Bertz CT molecular complexity index is 736. The highest BCUT2D eigenvalue weighted by Gasteiger charge is 2.34. The van der Waals surface area contributed by atoms with E-state index in [4.69, 9.17) is 15.5 Å². The first kappa shape index (κ1) is 20.9. The van der Waals surface area contributed by atoms with E-state index in [2.05, 4.69) is 16.9 Å². The highest BCUT2D eigenvalue weighted by molar-refractivity contribution is 7.91. The number of thiazole rings is 1. The topological polar surface area (TPSA) is 100 Å². The summed E-state index contributed by atoms with van der Waals surface area (Å²) in [6.07, 6.45) is 3.36. The summed E-state index contributed by atoms with van der Waals surface area (Å²) in [4.78, 5) is 16.3. The zero-order valence-electron chi connectivity index (χ0n) is 16.1. The minimum Gasteiger partial charge on any atom is -0.616 e. The molecule has 2 heterocycles. The molecule has 9 heteroatoms. The Hall–Kier alpha value is -1.42. The Kier molecular flexibility index (Phi) is 6.84. The van der Waals surface area contributed by atoms with Crippen molar-refractivity contribution in [3.05, 3.63) is 18.0 Å². The summed E-state index contributed by atoms with van der Waals surface area (Å²) in [5.74, 6) is 1.29. The maximum atomic E-state index is 12.3. The number of aromatic nitrogens is 3. The molecule has 0 aliphatic heterocycles. The van der Waals surface area contributed by atoms with Crippen molar-refractivity contribution in [1.29, 1.82) is 0 Å². The van der Waals surface area contributed by atoms with Crippen LogP contribution in [-0.4, -0.2) is 52.1 Å². The van der Waals surface area contributed by atoms with Gasteiger partial charge in [0.2, 0.25) is 0 Å². The third kappa shape index (κ3) is 4.64. The number of nitrogens with zero attached hydrogens (tertiary/aromatic N) is 4. The molecule has 0 amide bonds. The summed E-state index contributed by atoms with van der Waals surface area (Å²) in [6, 6.07) is 2.03. The first-order valence-electron chi connectivity index (χ1n) is 8.42. The van der Waals surface area contributed by atoms with E-state index in [9.17, 15) is 4.55 Å². The van der Waals surface area contributed by atoms with Crippen LogP contribution in [-0.2, 0) is 20.7 Å². The lowest BCUT2D eigenvalue weighted by molar-refractivity contribution is 0.135. The van der Waals surface area contributed by atoms with Gasteiger partial charge in [0.1, 0.15) is 11.5 Å². The predicted octanol–water partition coefficient (Wildman–Crippen LogP) is 2.66. The molecule has 0 radical (unpaired) electrons. The molecule has 0 aromatic carbocycles. The number of hydrogen-bond donors (Lipinski definition) is 1. The molecule has 26 heavy (non-hydrogen) atoms. The Morgan fingerprint density at radius 3 is 2.65 bits per heavy atom. The first-order valence-corrected chi connectivity index (χ1v) is 10.8. The third-order valence-corrected chi connectivity index (χ3v) is 6.85. The molecule has 0 aliphatic rings. The number of nitrogen functional groups attached to an aromatic ring is 1. The van der Waals surface area contributed by atoms with Crippen LogP contribution < -0.4 is 10.6 Å². The Morgan fingerprint density at radius 2 is 2.12 bits per heavy atom. The van der Waals surface area contributed by atoms with E-state index in [0.717, 1.165) is 16.4 Å². The Morgan fingerprint density at radius 1 is 1.42 bits per heavy atom. The molecular weight excluding hydrogens is 370 g/mol. The molecule has 2 rings (SSSR count). The summed E-state index contributed by atoms with van der Waals surface area (Å²) in [5, 5.41) is 0.465. The van der Waals surface area contributed by atoms with Crippen molar-refractivity contribution in [1.82, 2.24) is 15.0 Å². The van der Waals surface area contributed by atoms with Gasteiger partial charge in [-0.1, -0.05) is 11.3 Å². The van der Waals surface area contributed by atoms with Gasteiger partial charge in [0.15, 0.2) is 15.7 Å². The van der Waals surface area contributed by atoms with Crippen LogP contribution in [0.4, 0.5) is 10.9 Å². The number of rotatable bonds is 8. The van der Waals surface area contributed by atoms with E-state index in [0.29, 0.717) is 24.2 Å². The second kappa shape index (κ2) is 8.51. The molecule has 2 aromatic rings. The molecule has 0 saturated carbocycles. The number of nitrogens with two attached hydrogens (primary N) is 1. The zero-order chi connectivity index (χ0) is 19.5. The van der Waals surface area contributed by atoms with Gasteiger partial charge in [-0.05, 0) is 38.9 Å². The van der Waals surface area contributed by atoms with Crippen LogP contribution in [0.25, 0.3) is 10.7 Å². The van der Waals surface area contributed by atoms with Crippen molar-refractivity contribution in [2.75, 3.05) is 37.2 Å². The summed E-state index contributed by atoms with van der Waals surface area (Å²) in [7, 11) is 1.97. The maximum absolute atomic E-state index is 12.3. The minimum absolute atomic E-state index is 0.132. The van der Waals surface area contributed by atoms with E-state index in [1.54, 1.807) is 12.5 Å². The molecule has 1 unspecified atom stereocenters. The average molecular weight is 398 g/mol. The van der Waals surface area contributed by atoms with E-state index in [1.165, 1.54) is 11.3 Å². The lowest BCUT2D eigenvalue weighted by Gasteiger charge is -2.29. The summed E-state index contributed by atoms with van der Waals surface area (Å²) in [6.45, 7) is 9.15. The van der Waals surface area contributed by atoms with Crippen LogP contribution in [0.1, 0.15) is 33.4 Å². The standard InChI is InChI=1S/C17H27N5O2S2/c1-7-24-10-11(2)22(5)14-8-13(17(3,4)26(6)23)20-15(21-14)12-9-19-16(18)25-12/h8-9,11H,7,10H2,1-6H3,(H2,18,19)/t11-,26?/m0/s1. The fourth-order valence-electron chi connectivity index (χ4n) is 2.20. The largest absolute Gasteiger partial charge is 0.616 e. The molecule has 2 atom stereocenters. The summed E-state index contributed by atoms with van der Waals surface area (Å²) >= 11 is 0.240. The van der Waals surface area contributed by atoms with E-state index in [-0.39, 0.29) is 6.04 Å². The second-order valence-electron chi connectivity index (χ2n) is 6.58. The number of anilines is 2. The molecule has 0 saturated heterocycles. The highest BCUT2D eigenvalue weighted by atomic mass is 32.2. The third-order valence-electron chi connectivity index (χ3n) is 4.38. The van der Waals surface area contributed by atoms with E-state index < -0.39 is 15.9 Å². The number of likely N-dealkylation sites (N-methyl/N-ethyl adjacent to an activating group) is 1. The molecule has 0 bridgehead atoms. The number of hydrogen-bond acceptors (Lipinski definition) is 8. The molecular formula is C17H27N5O2S2. The van der Waals surface area contributed by atoms with E-state index in [1.807, 2.05) is 38.8 Å². The van der Waals surface area contributed by atoms with E-state index >= 15 is 0 Å². The summed E-state index contributed by atoms with van der Waals surface area (Å²) < 4.78 is 17.2. The Balaban J connectivity index is 2.50. The molecule has 7 nitrogen and oxygen atoms in total. The van der Waals surface area contributed by atoms with Gasteiger partial charge in [0.05, 0.1) is 30.0 Å². The Labute approximate surface area is 162 Å². The lowest BCUT2D eigenvalue weighted by Crippen LogP contribution is -2.35. The van der Waals surface area contributed by atoms with Gasteiger partial charge < -0.3 is 19.9 Å². The smallest absolute Gasteiger partial charge is 0.180 e. The van der Waals surface area contributed by atoms with Crippen molar-refractivity contribution < 1.29 is 9.29 Å². The SMILES string of the molecule is CCOC[C@H](C)N(C)c1cc(C(C)(C)[S+](C)[O-])nc(-c2cnc(N)s2)n1. The molecule has 144 valence electrons. The second-order valence-corrected chi connectivity index (χ2v) is 9.57. The highest BCUT2D eigenvalue weighted by Crippen LogP contribution is 2.33. The molecule has 0 spiro atoms.